The average Bonchev–Trinajstić information content (AvgIpc) is 3.37. The van der Waals surface area contributed by atoms with E-state index in [1.54, 1.807) is 18.4 Å². The van der Waals surface area contributed by atoms with Crippen molar-refractivity contribution in [3.05, 3.63) is 113 Å². The number of aryl methyl sites for hydroxylation is 1. The minimum absolute atomic E-state index is 0.202. The molecule has 5 rings (SSSR count). The Labute approximate surface area is 241 Å². The number of nitrogens with zero attached hydrogens (tertiary/aromatic N) is 4. The summed E-state index contributed by atoms with van der Waals surface area (Å²) in [4.78, 5) is 34.4. The lowest BCUT2D eigenvalue weighted by molar-refractivity contribution is -0.139. The fraction of sp³-hybridized carbons (Fsp3) is 0.258. The quantitative estimate of drug-likeness (QED) is 0.306. The molecule has 4 aromatic rings. The molecular weight excluding hydrogens is 544 g/mol. The van der Waals surface area contributed by atoms with Crippen molar-refractivity contribution < 1.29 is 9.53 Å². The highest BCUT2D eigenvalue weighted by molar-refractivity contribution is 7.07. The number of hydrogen-bond donors (Lipinski definition) is 0. The molecule has 0 radical (unpaired) electrons. The van der Waals surface area contributed by atoms with E-state index in [1.165, 1.54) is 11.3 Å². The SMILES string of the molecule is CCOC(=O)C1=C(C)N=c2s/c(=C/c3cc(C)n(-c4cccc(Cl)c4)c3C)c(=O)n2[C@H]1c1ccc(N(C)C)cc1. The van der Waals surface area contributed by atoms with Crippen LogP contribution >= 0.6 is 22.9 Å². The third-order valence-electron chi connectivity index (χ3n) is 7.07. The van der Waals surface area contributed by atoms with Gasteiger partial charge in [-0.15, -0.1) is 0 Å². The van der Waals surface area contributed by atoms with Crippen LogP contribution in [0, 0.1) is 13.8 Å². The van der Waals surface area contributed by atoms with Crippen LogP contribution in [0.5, 0.6) is 0 Å². The Kier molecular flexibility index (Phi) is 7.57. The molecule has 0 saturated heterocycles. The highest BCUT2D eigenvalue weighted by Gasteiger charge is 2.33. The maximum absolute atomic E-state index is 14.0. The molecule has 2 aromatic carbocycles. The molecule has 1 aliphatic rings. The summed E-state index contributed by atoms with van der Waals surface area (Å²) in [6, 6.07) is 17.0. The summed E-state index contributed by atoms with van der Waals surface area (Å²) in [5.74, 6) is -0.468. The van der Waals surface area contributed by atoms with Crippen LogP contribution < -0.4 is 19.8 Å². The first-order valence-corrected chi connectivity index (χ1v) is 14.2. The highest BCUT2D eigenvalue weighted by atomic mass is 35.5. The van der Waals surface area contributed by atoms with Gasteiger partial charge in [-0.25, -0.2) is 9.79 Å². The van der Waals surface area contributed by atoms with Crippen LogP contribution in [0.15, 0.2) is 75.7 Å². The first kappa shape index (κ1) is 27.7. The molecule has 0 bridgehead atoms. The van der Waals surface area contributed by atoms with Crippen molar-refractivity contribution in [3.63, 3.8) is 0 Å². The van der Waals surface area contributed by atoms with Crippen LogP contribution in [-0.4, -0.2) is 35.8 Å². The molecule has 0 aliphatic carbocycles. The summed E-state index contributed by atoms with van der Waals surface area (Å²) in [6.45, 7) is 7.84. The van der Waals surface area contributed by atoms with Crippen LogP contribution in [-0.2, 0) is 9.53 Å². The minimum Gasteiger partial charge on any atom is -0.463 e. The largest absolute Gasteiger partial charge is 0.463 e. The molecule has 1 atom stereocenters. The summed E-state index contributed by atoms with van der Waals surface area (Å²) in [6.07, 6.45) is 1.91. The van der Waals surface area contributed by atoms with Gasteiger partial charge in [0, 0.05) is 41.9 Å². The molecule has 40 heavy (non-hydrogen) atoms. The van der Waals surface area contributed by atoms with Crippen LogP contribution in [0.25, 0.3) is 11.8 Å². The Morgan fingerprint density at radius 2 is 1.85 bits per heavy atom. The Balaban J connectivity index is 1.68. The molecule has 2 aromatic heterocycles. The van der Waals surface area contributed by atoms with Crippen molar-refractivity contribution in [2.75, 3.05) is 25.6 Å². The number of carbonyl (C=O) groups is 1. The molecule has 0 N–H and O–H groups in total. The van der Waals surface area contributed by atoms with Gasteiger partial charge in [-0.2, -0.15) is 0 Å². The summed E-state index contributed by atoms with van der Waals surface area (Å²) >= 11 is 7.57. The van der Waals surface area contributed by atoms with Crippen LogP contribution in [0.2, 0.25) is 5.02 Å². The van der Waals surface area contributed by atoms with Crippen molar-refractivity contribution in [3.8, 4) is 5.69 Å². The Morgan fingerprint density at radius 1 is 1.12 bits per heavy atom. The number of allylic oxidation sites excluding steroid dienone is 1. The van der Waals surface area contributed by atoms with E-state index in [4.69, 9.17) is 16.3 Å². The lowest BCUT2D eigenvalue weighted by atomic mass is 9.95. The Bertz CT molecular complexity index is 1830. The van der Waals surface area contributed by atoms with Gasteiger partial charge >= 0.3 is 5.97 Å². The van der Waals surface area contributed by atoms with Crippen LogP contribution in [0.4, 0.5) is 5.69 Å². The van der Waals surface area contributed by atoms with E-state index >= 15 is 0 Å². The molecule has 0 spiro atoms. The van der Waals surface area contributed by atoms with Gasteiger partial charge in [-0.3, -0.25) is 9.36 Å². The monoisotopic (exact) mass is 574 g/mol. The second-order valence-electron chi connectivity index (χ2n) is 9.93. The first-order chi connectivity index (χ1) is 19.1. The molecule has 0 amide bonds. The van der Waals surface area contributed by atoms with Crippen LogP contribution in [0.1, 0.15) is 42.4 Å². The molecular formula is C31H31ClN4O3S. The average molecular weight is 575 g/mol. The lowest BCUT2D eigenvalue weighted by Crippen LogP contribution is -2.40. The van der Waals surface area contributed by atoms with Gasteiger partial charge in [-0.05, 0) is 81.3 Å². The highest BCUT2D eigenvalue weighted by Crippen LogP contribution is 2.32. The first-order valence-electron chi connectivity index (χ1n) is 13.0. The van der Waals surface area contributed by atoms with Crippen LogP contribution in [0.3, 0.4) is 0 Å². The molecule has 206 valence electrons. The zero-order valence-corrected chi connectivity index (χ0v) is 24.9. The number of hydrogen-bond acceptors (Lipinski definition) is 6. The van der Waals surface area contributed by atoms with Gasteiger partial charge < -0.3 is 14.2 Å². The topological polar surface area (TPSA) is 68.8 Å². The van der Waals surface area contributed by atoms with E-state index in [9.17, 15) is 9.59 Å². The second-order valence-corrected chi connectivity index (χ2v) is 11.4. The second kappa shape index (κ2) is 10.9. The number of fused-ring (bicyclic) bond motifs is 1. The van der Waals surface area contributed by atoms with E-state index in [0.29, 0.717) is 25.6 Å². The molecule has 7 nitrogen and oxygen atoms in total. The van der Waals surface area contributed by atoms with E-state index in [1.807, 2.05) is 87.4 Å². The van der Waals surface area contributed by atoms with Gasteiger partial charge in [0.15, 0.2) is 4.80 Å². The van der Waals surface area contributed by atoms with E-state index in [0.717, 1.165) is 33.9 Å². The summed E-state index contributed by atoms with van der Waals surface area (Å²) < 4.78 is 9.69. The van der Waals surface area contributed by atoms with Gasteiger partial charge in [0.25, 0.3) is 5.56 Å². The Morgan fingerprint density at radius 3 is 2.50 bits per heavy atom. The number of anilines is 1. The van der Waals surface area contributed by atoms with Gasteiger partial charge in [-0.1, -0.05) is 41.1 Å². The third kappa shape index (κ3) is 4.93. The van der Waals surface area contributed by atoms with Crippen molar-refractivity contribution in [1.29, 1.82) is 0 Å². The number of halogens is 1. The summed E-state index contributed by atoms with van der Waals surface area (Å²) in [5.41, 5.74) is 6.45. The van der Waals surface area contributed by atoms with Crippen molar-refractivity contribution in [2.45, 2.75) is 33.7 Å². The van der Waals surface area contributed by atoms with E-state index in [2.05, 4.69) is 15.6 Å². The lowest BCUT2D eigenvalue weighted by Gasteiger charge is -2.25. The fourth-order valence-electron chi connectivity index (χ4n) is 5.15. The van der Waals surface area contributed by atoms with Gasteiger partial charge in [0.2, 0.25) is 0 Å². The molecule has 9 heteroatoms. The number of benzene rings is 2. The number of carbonyl (C=O) groups excluding carboxylic acids is 1. The summed E-state index contributed by atoms with van der Waals surface area (Å²) in [7, 11) is 3.94. The molecule has 1 aliphatic heterocycles. The normalized spacial score (nSPS) is 15.2. The molecule has 0 saturated carbocycles. The predicted molar refractivity (Wildman–Crippen MR) is 161 cm³/mol. The third-order valence-corrected chi connectivity index (χ3v) is 8.28. The van der Waals surface area contributed by atoms with Crippen molar-refractivity contribution in [1.82, 2.24) is 9.13 Å². The molecule has 0 fully saturated rings. The number of aromatic nitrogens is 2. The maximum Gasteiger partial charge on any atom is 0.338 e. The number of ether oxygens (including phenoxy) is 1. The number of rotatable bonds is 6. The van der Waals surface area contributed by atoms with Crippen molar-refractivity contribution in [2.24, 2.45) is 4.99 Å². The minimum atomic E-state index is -0.646. The number of thiazole rings is 1. The van der Waals surface area contributed by atoms with Gasteiger partial charge in [0.1, 0.15) is 0 Å². The van der Waals surface area contributed by atoms with Gasteiger partial charge in [0.05, 0.1) is 28.5 Å². The molecule has 3 heterocycles. The summed E-state index contributed by atoms with van der Waals surface area (Å²) in [5, 5.41) is 0.659. The predicted octanol–water partition coefficient (Wildman–Crippen LogP) is 4.93. The van der Waals surface area contributed by atoms with E-state index in [-0.39, 0.29) is 12.2 Å². The Hall–Kier alpha value is -3.88. The maximum atomic E-state index is 14.0. The zero-order valence-electron chi connectivity index (χ0n) is 23.4. The molecule has 0 unspecified atom stereocenters. The zero-order chi connectivity index (χ0) is 28.7. The smallest absolute Gasteiger partial charge is 0.338 e. The fourth-order valence-corrected chi connectivity index (χ4v) is 6.37. The van der Waals surface area contributed by atoms with Crippen molar-refractivity contribution >= 4 is 40.7 Å². The number of esters is 1. The standard InChI is InChI=1S/C31H31ClN4O3S/c1-7-39-30(38)27-19(3)33-31-36(28(27)21-11-13-24(14-12-21)34(5)6)29(37)26(40-31)16-22-15-18(2)35(20(22)4)25-10-8-9-23(32)17-25/h8-17,28H,7H2,1-6H3/b26-16+/t28-/m0/s1. The van der Waals surface area contributed by atoms with E-state index < -0.39 is 12.0 Å².